The number of hydrogen-bond donors (Lipinski definition) is 2. The SMILES string of the molecule is O=C(Nc1ccccc1O)C(F)(F)C(F)(F)C(F)(F)C(F)(F)C(F)(F)C(F)(F)F. The maximum absolute atomic E-state index is 13.5. The van der Waals surface area contributed by atoms with Gasteiger partial charge in [0, 0.05) is 0 Å². The summed E-state index contributed by atoms with van der Waals surface area (Å²) < 4.78 is 168. The number of aromatic hydroxyl groups is 1. The lowest BCUT2D eigenvalue weighted by molar-refractivity contribution is -0.435. The van der Waals surface area contributed by atoms with Crippen molar-refractivity contribution in [3.8, 4) is 5.75 Å². The van der Waals surface area contributed by atoms with Crippen LogP contribution in [0.25, 0.3) is 0 Å². The molecule has 166 valence electrons. The second-order valence-electron chi connectivity index (χ2n) is 5.34. The van der Waals surface area contributed by atoms with Gasteiger partial charge in [-0.1, -0.05) is 12.1 Å². The number of benzene rings is 1. The summed E-state index contributed by atoms with van der Waals surface area (Å²) in [4.78, 5) is 11.2. The van der Waals surface area contributed by atoms with Gasteiger partial charge in [0.25, 0.3) is 0 Å². The van der Waals surface area contributed by atoms with E-state index in [1.54, 1.807) is 0 Å². The van der Waals surface area contributed by atoms with Gasteiger partial charge < -0.3 is 10.4 Å². The Morgan fingerprint density at radius 3 is 1.52 bits per heavy atom. The molecule has 1 rings (SSSR count). The third-order valence-corrected chi connectivity index (χ3v) is 3.37. The van der Waals surface area contributed by atoms with E-state index in [9.17, 15) is 67.0 Å². The van der Waals surface area contributed by atoms with Crippen LogP contribution < -0.4 is 5.32 Å². The highest BCUT2D eigenvalue weighted by atomic mass is 19.4. The van der Waals surface area contributed by atoms with Gasteiger partial charge in [-0.25, -0.2) is 0 Å². The van der Waals surface area contributed by atoms with Gasteiger partial charge in [0.2, 0.25) is 0 Å². The van der Waals surface area contributed by atoms with Gasteiger partial charge in [-0.2, -0.15) is 57.1 Å². The molecule has 0 heterocycles. The van der Waals surface area contributed by atoms with E-state index in [2.05, 4.69) is 0 Å². The second-order valence-corrected chi connectivity index (χ2v) is 5.34. The highest BCUT2D eigenvalue weighted by Gasteiger charge is 2.91. The number of rotatable bonds is 6. The average molecular weight is 455 g/mol. The van der Waals surface area contributed by atoms with Gasteiger partial charge in [0.1, 0.15) is 5.75 Å². The van der Waals surface area contributed by atoms with E-state index in [0.29, 0.717) is 12.1 Å². The summed E-state index contributed by atoms with van der Waals surface area (Å²) in [6, 6.07) is 3.11. The summed E-state index contributed by atoms with van der Waals surface area (Å²) in [6.45, 7) is 0. The van der Waals surface area contributed by atoms with E-state index >= 15 is 0 Å². The van der Waals surface area contributed by atoms with Crippen LogP contribution in [0.3, 0.4) is 0 Å². The minimum atomic E-state index is -8.10. The number of phenols is 1. The lowest BCUT2D eigenvalue weighted by Gasteiger charge is -2.39. The first-order valence-corrected chi connectivity index (χ1v) is 6.71. The van der Waals surface area contributed by atoms with Crippen molar-refractivity contribution in [2.24, 2.45) is 0 Å². The molecule has 0 saturated carbocycles. The summed E-state index contributed by atoms with van der Waals surface area (Å²) in [5.74, 6) is -43.3. The van der Waals surface area contributed by atoms with Crippen molar-refractivity contribution in [3.05, 3.63) is 24.3 Å². The first-order valence-electron chi connectivity index (χ1n) is 6.71. The molecule has 0 aliphatic carbocycles. The molecule has 1 aromatic rings. The molecule has 1 aromatic carbocycles. The zero-order chi connectivity index (χ0) is 23.3. The van der Waals surface area contributed by atoms with Gasteiger partial charge in [0.15, 0.2) is 0 Å². The maximum Gasteiger partial charge on any atom is 0.460 e. The van der Waals surface area contributed by atoms with Crippen molar-refractivity contribution in [3.63, 3.8) is 0 Å². The third-order valence-electron chi connectivity index (χ3n) is 3.37. The molecular weight excluding hydrogens is 449 g/mol. The molecule has 1 amide bonds. The predicted octanol–water partition coefficient (Wildman–Crippen LogP) is 5.07. The molecule has 0 spiro atoms. The number of carbonyl (C=O) groups is 1. The Kier molecular flexibility index (Phi) is 5.80. The van der Waals surface area contributed by atoms with Crippen molar-refractivity contribution in [2.75, 3.05) is 5.32 Å². The van der Waals surface area contributed by atoms with E-state index < -0.39 is 53.1 Å². The van der Waals surface area contributed by atoms with Crippen LogP contribution in [-0.2, 0) is 4.79 Å². The van der Waals surface area contributed by atoms with Gasteiger partial charge in [-0.3, -0.25) is 4.79 Å². The largest absolute Gasteiger partial charge is 0.506 e. The van der Waals surface area contributed by atoms with Crippen LogP contribution in [0.15, 0.2) is 24.3 Å². The van der Waals surface area contributed by atoms with Crippen LogP contribution in [0.2, 0.25) is 0 Å². The summed E-state index contributed by atoms with van der Waals surface area (Å²) in [5.41, 5.74) is -1.12. The normalized spacial score (nSPS) is 14.7. The maximum atomic E-state index is 13.5. The summed E-state index contributed by atoms with van der Waals surface area (Å²) in [7, 11) is 0. The molecule has 0 aromatic heterocycles. The summed E-state index contributed by atoms with van der Waals surface area (Å²) in [5, 5.41) is 9.92. The molecule has 0 aliphatic heterocycles. The van der Waals surface area contributed by atoms with Crippen LogP contribution in [0, 0.1) is 0 Å². The lowest BCUT2D eigenvalue weighted by atomic mass is 9.93. The Bertz CT molecular complexity index is 772. The Morgan fingerprint density at radius 2 is 1.10 bits per heavy atom. The van der Waals surface area contributed by atoms with Crippen molar-refractivity contribution in [2.45, 2.75) is 35.8 Å². The summed E-state index contributed by atoms with van der Waals surface area (Å²) in [6.07, 6.45) is -7.54. The monoisotopic (exact) mass is 455 g/mol. The molecule has 0 bridgehead atoms. The molecule has 0 unspecified atom stereocenters. The zero-order valence-corrected chi connectivity index (χ0v) is 13.1. The number of phenolic OH excluding ortho intramolecular Hbond substituents is 1. The Balaban J connectivity index is 3.42. The van der Waals surface area contributed by atoms with Crippen LogP contribution >= 0.6 is 0 Å². The predicted molar refractivity (Wildman–Crippen MR) is 67.5 cm³/mol. The van der Waals surface area contributed by atoms with Gasteiger partial charge in [0.05, 0.1) is 5.69 Å². The Morgan fingerprint density at radius 1 is 0.690 bits per heavy atom. The molecule has 0 atom stereocenters. The molecule has 0 radical (unpaired) electrons. The second kappa shape index (κ2) is 6.83. The fraction of sp³-hybridized carbons (Fsp3) is 0.462. The Labute approximate surface area is 151 Å². The number of amides is 1. The molecule has 0 saturated heterocycles. The zero-order valence-electron chi connectivity index (χ0n) is 13.1. The van der Waals surface area contributed by atoms with E-state index in [-0.39, 0.29) is 0 Å². The van der Waals surface area contributed by atoms with Gasteiger partial charge >= 0.3 is 41.7 Å². The quantitative estimate of drug-likeness (QED) is 0.465. The van der Waals surface area contributed by atoms with Crippen LogP contribution in [0.5, 0.6) is 5.75 Å². The van der Waals surface area contributed by atoms with E-state index in [4.69, 9.17) is 0 Å². The molecule has 29 heavy (non-hydrogen) atoms. The van der Waals surface area contributed by atoms with Crippen molar-refractivity contribution in [1.82, 2.24) is 0 Å². The number of halogens is 13. The minimum Gasteiger partial charge on any atom is -0.506 e. The van der Waals surface area contributed by atoms with Gasteiger partial charge in [-0.05, 0) is 12.1 Å². The molecule has 16 heteroatoms. The number of para-hydroxylation sites is 2. The highest BCUT2D eigenvalue weighted by molar-refractivity contribution is 5.98. The fourth-order valence-corrected chi connectivity index (χ4v) is 1.69. The highest BCUT2D eigenvalue weighted by Crippen LogP contribution is 2.60. The fourth-order valence-electron chi connectivity index (χ4n) is 1.69. The first-order chi connectivity index (χ1) is 12.7. The van der Waals surface area contributed by atoms with Crippen LogP contribution in [0.1, 0.15) is 0 Å². The average Bonchev–Trinajstić information content (AvgIpc) is 2.55. The van der Waals surface area contributed by atoms with E-state index in [1.165, 1.54) is 0 Å². The minimum absolute atomic E-state index is 0.548. The van der Waals surface area contributed by atoms with Crippen molar-refractivity contribution < 1.29 is 67.0 Å². The number of nitrogens with one attached hydrogen (secondary N) is 1. The lowest BCUT2D eigenvalue weighted by Crippen LogP contribution is -2.71. The molecule has 2 N–H and O–H groups in total. The molecular formula is C13H6F13NO2. The number of hydrogen-bond acceptors (Lipinski definition) is 2. The number of anilines is 1. The van der Waals surface area contributed by atoms with E-state index in [0.717, 1.165) is 17.4 Å². The van der Waals surface area contributed by atoms with Crippen LogP contribution in [0.4, 0.5) is 62.8 Å². The number of carbonyl (C=O) groups excluding carboxylic acids is 1. The Hall–Kier alpha value is -2.42. The van der Waals surface area contributed by atoms with Crippen molar-refractivity contribution >= 4 is 11.6 Å². The smallest absolute Gasteiger partial charge is 0.460 e. The topological polar surface area (TPSA) is 49.3 Å². The molecule has 0 fully saturated rings. The molecule has 0 aliphatic rings. The van der Waals surface area contributed by atoms with Gasteiger partial charge in [-0.15, -0.1) is 0 Å². The summed E-state index contributed by atoms with van der Waals surface area (Å²) >= 11 is 0. The van der Waals surface area contributed by atoms with Crippen molar-refractivity contribution in [1.29, 1.82) is 0 Å². The van der Waals surface area contributed by atoms with Crippen LogP contribution in [-0.4, -0.2) is 46.8 Å². The standard InChI is InChI=1S/C13H6F13NO2/c14-8(15,7(29)27-5-3-1-2-4-6(5)28)9(16,17)10(18,19)11(20,21)12(22,23)13(24,25)26/h1-4,28H,(H,27,29). The molecule has 3 nitrogen and oxygen atoms in total. The number of alkyl halides is 13. The van der Waals surface area contributed by atoms with E-state index in [1.807, 2.05) is 0 Å². The first kappa shape index (κ1) is 24.6. The third kappa shape index (κ3) is 3.52.